The summed E-state index contributed by atoms with van der Waals surface area (Å²) in [5.41, 5.74) is 1.30. The van der Waals surface area contributed by atoms with Crippen LogP contribution in [0.3, 0.4) is 0 Å². The molecule has 1 N–H and O–H groups in total. The summed E-state index contributed by atoms with van der Waals surface area (Å²) in [6, 6.07) is 8.76. The van der Waals surface area contributed by atoms with Gasteiger partial charge in [0.25, 0.3) is 0 Å². The second kappa shape index (κ2) is 8.11. The molecule has 0 amide bonds. The van der Waals surface area contributed by atoms with Gasteiger partial charge in [-0.05, 0) is 38.1 Å². The standard InChI is InChI=1S/C15H25NO2/c1-5-15(16-3)13-6-8-14(9-7-13)18-12(2)10-11-17-4/h6-9,12,15-16H,5,10-11H2,1-4H3. The van der Waals surface area contributed by atoms with Crippen LogP contribution in [0.25, 0.3) is 0 Å². The molecule has 0 aliphatic heterocycles. The number of hydrogen-bond acceptors (Lipinski definition) is 3. The fraction of sp³-hybridized carbons (Fsp3) is 0.600. The molecule has 0 saturated heterocycles. The van der Waals surface area contributed by atoms with Crippen LogP contribution in [0, 0.1) is 0 Å². The van der Waals surface area contributed by atoms with E-state index in [4.69, 9.17) is 9.47 Å². The molecule has 1 rings (SSSR count). The third kappa shape index (κ3) is 4.67. The molecule has 2 atom stereocenters. The van der Waals surface area contributed by atoms with Crippen LogP contribution in [0.5, 0.6) is 5.75 Å². The van der Waals surface area contributed by atoms with E-state index in [1.807, 2.05) is 19.2 Å². The Hall–Kier alpha value is -1.06. The maximum atomic E-state index is 5.82. The van der Waals surface area contributed by atoms with Crippen molar-refractivity contribution in [3.8, 4) is 5.75 Å². The largest absolute Gasteiger partial charge is 0.491 e. The van der Waals surface area contributed by atoms with E-state index in [9.17, 15) is 0 Å². The maximum absolute atomic E-state index is 5.82. The summed E-state index contributed by atoms with van der Waals surface area (Å²) < 4.78 is 10.9. The highest BCUT2D eigenvalue weighted by Crippen LogP contribution is 2.20. The Morgan fingerprint density at radius 1 is 1.22 bits per heavy atom. The van der Waals surface area contributed by atoms with E-state index in [1.165, 1.54) is 5.56 Å². The minimum atomic E-state index is 0.182. The van der Waals surface area contributed by atoms with Gasteiger partial charge in [0.2, 0.25) is 0 Å². The van der Waals surface area contributed by atoms with Gasteiger partial charge in [0.1, 0.15) is 5.75 Å². The number of hydrogen-bond donors (Lipinski definition) is 1. The van der Waals surface area contributed by atoms with Crippen molar-refractivity contribution in [2.45, 2.75) is 38.8 Å². The molecule has 0 aromatic heterocycles. The zero-order valence-corrected chi connectivity index (χ0v) is 11.9. The summed E-state index contributed by atoms with van der Waals surface area (Å²) in [5, 5.41) is 3.30. The predicted molar refractivity (Wildman–Crippen MR) is 75.1 cm³/mol. The van der Waals surface area contributed by atoms with Crippen LogP contribution in [-0.4, -0.2) is 26.9 Å². The van der Waals surface area contributed by atoms with E-state index in [0.29, 0.717) is 6.04 Å². The van der Waals surface area contributed by atoms with Crippen LogP contribution in [0.4, 0.5) is 0 Å². The van der Waals surface area contributed by atoms with E-state index in [0.717, 1.165) is 25.2 Å². The fourth-order valence-electron chi connectivity index (χ4n) is 1.96. The molecule has 2 unspecified atom stereocenters. The molecule has 1 aromatic carbocycles. The molecule has 1 aromatic rings. The number of nitrogens with one attached hydrogen (secondary N) is 1. The van der Waals surface area contributed by atoms with E-state index >= 15 is 0 Å². The molecule has 0 spiro atoms. The molecular formula is C15H25NO2. The SMILES string of the molecule is CCC(NC)c1ccc(OC(C)CCOC)cc1. The normalized spacial score (nSPS) is 14.2. The fourth-order valence-corrected chi connectivity index (χ4v) is 1.96. The van der Waals surface area contributed by atoms with Gasteiger partial charge in [0.15, 0.2) is 0 Å². The van der Waals surface area contributed by atoms with E-state index in [1.54, 1.807) is 7.11 Å². The lowest BCUT2D eigenvalue weighted by molar-refractivity contribution is 0.135. The van der Waals surface area contributed by atoms with Crippen molar-refractivity contribution in [3.05, 3.63) is 29.8 Å². The van der Waals surface area contributed by atoms with Gasteiger partial charge in [-0.2, -0.15) is 0 Å². The molecule has 0 saturated carbocycles. The van der Waals surface area contributed by atoms with Crippen molar-refractivity contribution in [2.75, 3.05) is 20.8 Å². The summed E-state index contributed by atoms with van der Waals surface area (Å²) in [6.07, 6.45) is 2.18. The molecule has 0 radical (unpaired) electrons. The van der Waals surface area contributed by atoms with Gasteiger partial charge in [0, 0.05) is 26.2 Å². The number of benzene rings is 1. The molecule has 3 heteroatoms. The molecule has 0 bridgehead atoms. The first-order valence-electron chi connectivity index (χ1n) is 6.64. The van der Waals surface area contributed by atoms with Crippen molar-refractivity contribution >= 4 is 0 Å². The summed E-state index contributed by atoms with van der Waals surface area (Å²) in [7, 11) is 3.70. The lowest BCUT2D eigenvalue weighted by atomic mass is 10.0. The Balaban J connectivity index is 2.54. The topological polar surface area (TPSA) is 30.5 Å². The predicted octanol–water partition coefficient (Wildman–Crippen LogP) is 3.16. The molecule has 0 fully saturated rings. The van der Waals surface area contributed by atoms with Crippen molar-refractivity contribution < 1.29 is 9.47 Å². The average Bonchev–Trinajstić information content (AvgIpc) is 2.40. The third-order valence-corrected chi connectivity index (χ3v) is 3.10. The zero-order valence-electron chi connectivity index (χ0n) is 11.9. The van der Waals surface area contributed by atoms with Crippen LogP contribution in [-0.2, 0) is 4.74 Å². The van der Waals surface area contributed by atoms with Crippen LogP contribution in [0.2, 0.25) is 0 Å². The molecule has 18 heavy (non-hydrogen) atoms. The monoisotopic (exact) mass is 251 g/mol. The number of methoxy groups -OCH3 is 1. The molecule has 0 aliphatic carbocycles. The average molecular weight is 251 g/mol. The Kier molecular flexibility index (Phi) is 6.76. The quantitative estimate of drug-likeness (QED) is 0.770. The van der Waals surface area contributed by atoms with E-state index in [2.05, 4.69) is 31.3 Å². The molecule has 102 valence electrons. The number of rotatable bonds is 8. The summed E-state index contributed by atoms with van der Waals surface area (Å²) in [5.74, 6) is 0.924. The molecular weight excluding hydrogens is 226 g/mol. The first-order valence-corrected chi connectivity index (χ1v) is 6.64. The van der Waals surface area contributed by atoms with Gasteiger partial charge >= 0.3 is 0 Å². The van der Waals surface area contributed by atoms with Crippen molar-refractivity contribution in [2.24, 2.45) is 0 Å². The van der Waals surface area contributed by atoms with Crippen molar-refractivity contribution in [1.29, 1.82) is 0 Å². The smallest absolute Gasteiger partial charge is 0.119 e. The highest BCUT2D eigenvalue weighted by Gasteiger charge is 2.07. The van der Waals surface area contributed by atoms with Crippen molar-refractivity contribution in [1.82, 2.24) is 5.32 Å². The Morgan fingerprint density at radius 2 is 1.89 bits per heavy atom. The van der Waals surface area contributed by atoms with Gasteiger partial charge in [-0.15, -0.1) is 0 Å². The second-order valence-corrected chi connectivity index (χ2v) is 4.53. The zero-order chi connectivity index (χ0) is 13.4. The number of ether oxygens (including phenoxy) is 2. The van der Waals surface area contributed by atoms with E-state index in [-0.39, 0.29) is 6.10 Å². The lowest BCUT2D eigenvalue weighted by Gasteiger charge is -2.17. The van der Waals surface area contributed by atoms with Crippen LogP contribution in [0.1, 0.15) is 38.3 Å². The first kappa shape index (κ1) is 15.0. The van der Waals surface area contributed by atoms with E-state index < -0.39 is 0 Å². The molecule has 0 aliphatic rings. The summed E-state index contributed by atoms with van der Waals surface area (Å²) in [6.45, 7) is 4.98. The Morgan fingerprint density at radius 3 is 2.39 bits per heavy atom. The van der Waals surface area contributed by atoms with Gasteiger partial charge < -0.3 is 14.8 Å². The third-order valence-electron chi connectivity index (χ3n) is 3.10. The highest BCUT2D eigenvalue weighted by molar-refractivity contribution is 5.29. The van der Waals surface area contributed by atoms with Crippen LogP contribution >= 0.6 is 0 Å². The minimum absolute atomic E-state index is 0.182. The lowest BCUT2D eigenvalue weighted by Crippen LogP contribution is -2.16. The van der Waals surface area contributed by atoms with Gasteiger partial charge in [-0.1, -0.05) is 19.1 Å². The first-order chi connectivity index (χ1) is 8.71. The van der Waals surface area contributed by atoms with Crippen molar-refractivity contribution in [3.63, 3.8) is 0 Å². The van der Waals surface area contributed by atoms with Crippen LogP contribution in [0.15, 0.2) is 24.3 Å². The Bertz CT molecular complexity index is 320. The maximum Gasteiger partial charge on any atom is 0.119 e. The van der Waals surface area contributed by atoms with Crippen LogP contribution < -0.4 is 10.1 Å². The second-order valence-electron chi connectivity index (χ2n) is 4.53. The van der Waals surface area contributed by atoms with Gasteiger partial charge in [-0.3, -0.25) is 0 Å². The summed E-state index contributed by atoms with van der Waals surface area (Å²) >= 11 is 0. The highest BCUT2D eigenvalue weighted by atomic mass is 16.5. The van der Waals surface area contributed by atoms with Gasteiger partial charge in [-0.25, -0.2) is 0 Å². The minimum Gasteiger partial charge on any atom is -0.491 e. The molecule has 3 nitrogen and oxygen atoms in total. The Labute approximate surface area is 110 Å². The van der Waals surface area contributed by atoms with Gasteiger partial charge in [0.05, 0.1) is 6.10 Å². The molecule has 0 heterocycles. The summed E-state index contributed by atoms with van der Waals surface area (Å²) in [4.78, 5) is 0.